The van der Waals surface area contributed by atoms with Crippen molar-refractivity contribution in [3.8, 4) is 0 Å². The van der Waals surface area contributed by atoms with Gasteiger partial charge in [-0.2, -0.15) is 0 Å². The van der Waals surface area contributed by atoms with E-state index in [0.29, 0.717) is 11.6 Å². The molecule has 7 heteroatoms. The third kappa shape index (κ3) is 4.43. The zero-order valence-corrected chi connectivity index (χ0v) is 18.0. The van der Waals surface area contributed by atoms with Gasteiger partial charge in [-0.15, -0.1) is 0 Å². The first-order chi connectivity index (χ1) is 15.7. The first-order valence-corrected chi connectivity index (χ1v) is 11.0. The molecule has 0 aliphatic carbocycles. The van der Waals surface area contributed by atoms with Gasteiger partial charge in [0.05, 0.1) is 12.7 Å². The van der Waals surface area contributed by atoms with Gasteiger partial charge in [0.25, 0.3) is 0 Å². The fraction of sp³-hybridized carbons (Fsp3) is 0.320. The number of aliphatic hydroxyl groups is 1. The largest absolute Gasteiger partial charge is 0.394 e. The molecule has 2 fully saturated rings. The standard InChI is InChI=1S/C25H24ClNO5/c26-23-18(12-7-13-27-23)14-19-21-22(32-24(29-19)16-8-3-1-4-9-16)20(15-28)30-25(31-21)17-10-5-2-6-11-17/h1-13,19-22,24-25,28H,14-15H2. The van der Waals surface area contributed by atoms with Crippen molar-refractivity contribution in [2.45, 2.75) is 43.4 Å². The molecular weight excluding hydrogens is 430 g/mol. The summed E-state index contributed by atoms with van der Waals surface area (Å²) in [6, 6.07) is 23.1. The number of pyridine rings is 1. The van der Waals surface area contributed by atoms with Gasteiger partial charge in [-0.3, -0.25) is 0 Å². The molecule has 0 radical (unpaired) electrons. The highest BCUT2D eigenvalue weighted by molar-refractivity contribution is 6.30. The van der Waals surface area contributed by atoms with E-state index in [1.807, 2.05) is 72.8 Å². The van der Waals surface area contributed by atoms with Crippen molar-refractivity contribution in [3.05, 3.63) is 101 Å². The maximum atomic E-state index is 10.1. The average Bonchev–Trinajstić information content (AvgIpc) is 2.86. The Morgan fingerprint density at radius 3 is 1.84 bits per heavy atom. The van der Waals surface area contributed by atoms with E-state index in [1.165, 1.54) is 0 Å². The molecule has 6 atom stereocenters. The number of benzene rings is 2. The van der Waals surface area contributed by atoms with Crippen LogP contribution in [-0.2, 0) is 25.4 Å². The van der Waals surface area contributed by atoms with Gasteiger partial charge in [0, 0.05) is 23.7 Å². The highest BCUT2D eigenvalue weighted by atomic mass is 35.5. The Morgan fingerprint density at radius 2 is 1.28 bits per heavy atom. The zero-order valence-electron chi connectivity index (χ0n) is 17.3. The topological polar surface area (TPSA) is 70.0 Å². The van der Waals surface area contributed by atoms with Crippen molar-refractivity contribution in [1.82, 2.24) is 4.98 Å². The van der Waals surface area contributed by atoms with Crippen molar-refractivity contribution in [2.75, 3.05) is 6.61 Å². The molecule has 1 N–H and O–H groups in total. The summed E-state index contributed by atoms with van der Waals surface area (Å²) in [5.41, 5.74) is 2.61. The van der Waals surface area contributed by atoms with Crippen molar-refractivity contribution in [1.29, 1.82) is 0 Å². The second kappa shape index (κ2) is 9.67. The minimum atomic E-state index is -0.637. The van der Waals surface area contributed by atoms with Gasteiger partial charge in [-0.05, 0) is 11.6 Å². The van der Waals surface area contributed by atoms with Crippen LogP contribution in [0.1, 0.15) is 29.3 Å². The van der Waals surface area contributed by atoms with Crippen molar-refractivity contribution < 1.29 is 24.1 Å². The Balaban J connectivity index is 1.48. The van der Waals surface area contributed by atoms with E-state index in [0.717, 1.165) is 16.7 Å². The van der Waals surface area contributed by atoms with E-state index < -0.39 is 30.9 Å². The number of fused-ring (bicyclic) bond motifs is 1. The Labute approximate surface area is 191 Å². The molecule has 3 heterocycles. The zero-order chi connectivity index (χ0) is 21.9. The maximum absolute atomic E-state index is 10.1. The van der Waals surface area contributed by atoms with Crippen LogP contribution >= 0.6 is 11.6 Å². The van der Waals surface area contributed by atoms with Crippen LogP contribution in [0.25, 0.3) is 0 Å². The van der Waals surface area contributed by atoms with Gasteiger partial charge >= 0.3 is 0 Å². The fourth-order valence-electron chi connectivity index (χ4n) is 4.21. The van der Waals surface area contributed by atoms with Crippen LogP contribution in [0, 0.1) is 0 Å². The Hall–Kier alpha value is -2.32. The Bertz CT molecular complexity index is 1020. The van der Waals surface area contributed by atoms with Gasteiger partial charge in [0.15, 0.2) is 12.6 Å². The van der Waals surface area contributed by atoms with Crippen molar-refractivity contribution in [2.24, 2.45) is 0 Å². The molecule has 5 rings (SSSR count). The molecular formula is C25H24ClNO5. The molecule has 0 saturated carbocycles. The normalized spacial score (nSPS) is 29.9. The lowest BCUT2D eigenvalue weighted by molar-refractivity contribution is -0.384. The number of hydrogen-bond acceptors (Lipinski definition) is 6. The van der Waals surface area contributed by atoms with Crippen LogP contribution in [0.4, 0.5) is 0 Å². The number of halogens is 1. The van der Waals surface area contributed by atoms with Gasteiger partial charge in [0.2, 0.25) is 0 Å². The second-order valence-electron chi connectivity index (χ2n) is 7.88. The van der Waals surface area contributed by atoms with Crippen LogP contribution in [0.3, 0.4) is 0 Å². The number of hydrogen-bond donors (Lipinski definition) is 1. The fourth-order valence-corrected chi connectivity index (χ4v) is 4.41. The minimum absolute atomic E-state index is 0.199. The van der Waals surface area contributed by atoms with Crippen LogP contribution < -0.4 is 0 Å². The minimum Gasteiger partial charge on any atom is -0.394 e. The first-order valence-electron chi connectivity index (χ1n) is 10.6. The third-order valence-corrected chi connectivity index (χ3v) is 6.14. The summed E-state index contributed by atoms with van der Waals surface area (Å²) in [5, 5.41) is 10.6. The highest BCUT2D eigenvalue weighted by Crippen LogP contribution is 2.41. The van der Waals surface area contributed by atoms with E-state index in [-0.39, 0.29) is 12.7 Å². The number of aromatic nitrogens is 1. The quantitative estimate of drug-likeness (QED) is 0.583. The lowest BCUT2D eigenvalue weighted by Crippen LogP contribution is -2.59. The van der Waals surface area contributed by atoms with E-state index in [9.17, 15) is 5.11 Å². The smallest absolute Gasteiger partial charge is 0.184 e. The SMILES string of the molecule is OCC1OC(c2ccccc2)OC2C(Cc3cccnc3Cl)OC(c3ccccc3)OC12. The Morgan fingerprint density at radius 1 is 0.719 bits per heavy atom. The van der Waals surface area contributed by atoms with Crippen LogP contribution in [0.2, 0.25) is 5.15 Å². The lowest BCUT2D eigenvalue weighted by Gasteiger charge is -2.49. The second-order valence-corrected chi connectivity index (χ2v) is 8.23. The molecule has 0 bridgehead atoms. The van der Waals surface area contributed by atoms with Crippen molar-refractivity contribution >= 4 is 11.6 Å². The van der Waals surface area contributed by atoms with Crippen LogP contribution in [0.15, 0.2) is 79.0 Å². The summed E-state index contributed by atoms with van der Waals surface area (Å²) in [6.45, 7) is -0.199. The van der Waals surface area contributed by atoms with Gasteiger partial charge < -0.3 is 24.1 Å². The van der Waals surface area contributed by atoms with E-state index >= 15 is 0 Å². The average molecular weight is 454 g/mol. The molecule has 2 aliphatic rings. The molecule has 166 valence electrons. The van der Waals surface area contributed by atoms with Gasteiger partial charge in [-0.25, -0.2) is 4.98 Å². The molecule has 32 heavy (non-hydrogen) atoms. The van der Waals surface area contributed by atoms with Gasteiger partial charge in [-0.1, -0.05) is 78.3 Å². The van der Waals surface area contributed by atoms with E-state index in [4.69, 9.17) is 30.5 Å². The summed E-state index contributed by atoms with van der Waals surface area (Å²) in [6.07, 6.45) is -1.05. The number of aliphatic hydroxyl groups excluding tert-OH is 1. The Kier molecular flexibility index (Phi) is 6.50. The number of rotatable bonds is 5. The molecule has 2 aromatic carbocycles. The molecule has 6 unspecified atom stereocenters. The third-order valence-electron chi connectivity index (χ3n) is 5.80. The summed E-state index contributed by atoms with van der Waals surface area (Å²) in [7, 11) is 0. The predicted molar refractivity (Wildman–Crippen MR) is 118 cm³/mol. The monoisotopic (exact) mass is 453 g/mol. The van der Waals surface area contributed by atoms with Crippen LogP contribution in [-0.4, -0.2) is 41.1 Å². The molecule has 0 spiro atoms. The van der Waals surface area contributed by atoms with Gasteiger partial charge in [0.1, 0.15) is 23.5 Å². The van der Waals surface area contributed by atoms with E-state index in [1.54, 1.807) is 6.20 Å². The number of nitrogens with zero attached hydrogens (tertiary/aromatic N) is 1. The summed E-state index contributed by atoms with van der Waals surface area (Å²) >= 11 is 6.35. The molecule has 3 aromatic rings. The first kappa shape index (κ1) is 21.5. The maximum Gasteiger partial charge on any atom is 0.184 e. The molecule has 6 nitrogen and oxygen atoms in total. The highest BCUT2D eigenvalue weighted by Gasteiger charge is 2.50. The molecule has 2 aliphatic heterocycles. The van der Waals surface area contributed by atoms with Crippen LogP contribution in [0.5, 0.6) is 0 Å². The number of ether oxygens (including phenoxy) is 4. The molecule has 0 amide bonds. The van der Waals surface area contributed by atoms with E-state index in [2.05, 4.69) is 4.98 Å². The predicted octanol–water partition coefficient (Wildman–Crippen LogP) is 4.24. The molecule has 2 saturated heterocycles. The summed E-state index contributed by atoms with van der Waals surface area (Å²) < 4.78 is 25.2. The lowest BCUT2D eigenvalue weighted by atomic mass is 9.94. The summed E-state index contributed by atoms with van der Waals surface area (Å²) in [5.74, 6) is 0. The van der Waals surface area contributed by atoms with Crippen molar-refractivity contribution in [3.63, 3.8) is 0 Å². The molecule has 1 aromatic heterocycles. The summed E-state index contributed by atoms with van der Waals surface area (Å²) in [4.78, 5) is 4.19.